The summed E-state index contributed by atoms with van der Waals surface area (Å²) in [6, 6.07) is 8.41. The molecule has 0 amide bonds. The van der Waals surface area contributed by atoms with Crippen molar-refractivity contribution in [2.45, 2.75) is 5.33 Å². The molecule has 14 heavy (non-hydrogen) atoms. The van der Waals surface area contributed by atoms with E-state index < -0.39 is 0 Å². The first-order valence-electron chi connectivity index (χ1n) is 3.93. The van der Waals surface area contributed by atoms with Crippen molar-refractivity contribution in [1.82, 2.24) is 0 Å². The van der Waals surface area contributed by atoms with Gasteiger partial charge in [0.1, 0.15) is 10.9 Å². The molecule has 0 aliphatic heterocycles. The minimum atomic E-state index is 0.742. The van der Waals surface area contributed by atoms with E-state index in [1.165, 1.54) is 16.9 Å². The van der Waals surface area contributed by atoms with E-state index in [1.807, 2.05) is 6.07 Å². The van der Waals surface area contributed by atoms with Crippen LogP contribution in [0, 0.1) is 11.3 Å². The standard InChI is InChI=1S/C10H5Br2NS/c11-4-6-1-2-7-8(3-6)14-9(5-13)10(7)12/h1-3H,4H2. The Labute approximate surface area is 103 Å². The van der Waals surface area contributed by atoms with Crippen molar-refractivity contribution in [3.63, 3.8) is 0 Å². The normalized spacial score (nSPS) is 10.4. The van der Waals surface area contributed by atoms with Gasteiger partial charge in [-0.3, -0.25) is 0 Å². The predicted molar refractivity (Wildman–Crippen MR) is 66.9 cm³/mol. The molecule has 1 nitrogen and oxygen atoms in total. The summed E-state index contributed by atoms with van der Waals surface area (Å²) < 4.78 is 2.08. The molecule has 0 saturated heterocycles. The van der Waals surface area contributed by atoms with Gasteiger partial charge in [-0.15, -0.1) is 11.3 Å². The van der Waals surface area contributed by atoms with E-state index >= 15 is 0 Å². The second-order valence-corrected chi connectivity index (χ2v) is 5.23. The summed E-state index contributed by atoms with van der Waals surface area (Å²) in [6.45, 7) is 0. The second kappa shape index (κ2) is 4.01. The third-order valence-corrected chi connectivity index (χ3v) is 4.74. The maximum absolute atomic E-state index is 8.87. The van der Waals surface area contributed by atoms with Crippen LogP contribution in [0.15, 0.2) is 22.7 Å². The molecule has 2 aromatic rings. The number of nitriles is 1. The highest BCUT2D eigenvalue weighted by molar-refractivity contribution is 9.10. The van der Waals surface area contributed by atoms with Crippen molar-refractivity contribution < 1.29 is 0 Å². The molecule has 0 atom stereocenters. The highest BCUT2D eigenvalue weighted by Gasteiger charge is 2.08. The molecule has 1 aromatic heterocycles. The Morgan fingerprint density at radius 1 is 1.43 bits per heavy atom. The van der Waals surface area contributed by atoms with E-state index in [4.69, 9.17) is 5.26 Å². The average molecular weight is 331 g/mol. The van der Waals surface area contributed by atoms with Crippen molar-refractivity contribution in [2.75, 3.05) is 0 Å². The number of alkyl halides is 1. The van der Waals surface area contributed by atoms with Crippen LogP contribution in [0.1, 0.15) is 10.4 Å². The molecule has 1 aromatic carbocycles. The summed E-state index contributed by atoms with van der Waals surface area (Å²) in [4.78, 5) is 0.742. The van der Waals surface area contributed by atoms with Crippen molar-refractivity contribution in [1.29, 1.82) is 5.26 Å². The number of rotatable bonds is 1. The second-order valence-electron chi connectivity index (χ2n) is 2.82. The molecule has 0 aliphatic rings. The number of hydrogen-bond acceptors (Lipinski definition) is 2. The number of nitrogens with zero attached hydrogens (tertiary/aromatic N) is 1. The number of hydrogen-bond donors (Lipinski definition) is 0. The van der Waals surface area contributed by atoms with Gasteiger partial charge in [0, 0.05) is 15.4 Å². The zero-order chi connectivity index (χ0) is 10.1. The summed E-state index contributed by atoms with van der Waals surface area (Å²) in [6.07, 6.45) is 0. The maximum atomic E-state index is 8.87. The summed E-state index contributed by atoms with van der Waals surface area (Å²) in [5, 5.41) is 10.8. The van der Waals surface area contributed by atoms with Crippen molar-refractivity contribution in [3.8, 4) is 6.07 Å². The lowest BCUT2D eigenvalue weighted by molar-refractivity contribution is 1.47. The van der Waals surface area contributed by atoms with Gasteiger partial charge in [-0.25, -0.2) is 0 Å². The SMILES string of the molecule is N#Cc1sc2cc(CBr)ccc2c1Br. The zero-order valence-electron chi connectivity index (χ0n) is 7.05. The summed E-state index contributed by atoms with van der Waals surface area (Å²) in [5.41, 5.74) is 1.23. The molecule has 0 bridgehead atoms. The summed E-state index contributed by atoms with van der Waals surface area (Å²) in [5.74, 6) is 0. The molecule has 0 saturated carbocycles. The molecule has 2 rings (SSSR count). The van der Waals surface area contributed by atoms with Crippen LogP contribution in [-0.4, -0.2) is 0 Å². The summed E-state index contributed by atoms with van der Waals surface area (Å²) in [7, 11) is 0. The Bertz CT molecular complexity index is 525. The monoisotopic (exact) mass is 329 g/mol. The lowest BCUT2D eigenvalue weighted by Crippen LogP contribution is -1.74. The van der Waals surface area contributed by atoms with E-state index in [0.29, 0.717) is 0 Å². The van der Waals surface area contributed by atoms with Crippen LogP contribution in [0.3, 0.4) is 0 Å². The average Bonchev–Trinajstić information content (AvgIpc) is 2.55. The lowest BCUT2D eigenvalue weighted by Gasteiger charge is -1.94. The van der Waals surface area contributed by atoms with Gasteiger partial charge in [0.05, 0.1) is 4.47 Å². The number of benzene rings is 1. The Hall–Kier alpha value is -0.370. The topological polar surface area (TPSA) is 23.8 Å². The van der Waals surface area contributed by atoms with Crippen LogP contribution in [0.4, 0.5) is 0 Å². The fourth-order valence-electron chi connectivity index (χ4n) is 1.26. The van der Waals surface area contributed by atoms with Gasteiger partial charge >= 0.3 is 0 Å². The highest BCUT2D eigenvalue weighted by atomic mass is 79.9. The highest BCUT2D eigenvalue weighted by Crippen LogP contribution is 2.35. The van der Waals surface area contributed by atoms with Gasteiger partial charge in [0.25, 0.3) is 0 Å². The Kier molecular flexibility index (Phi) is 2.91. The first kappa shape index (κ1) is 10.2. The number of fused-ring (bicyclic) bond motifs is 1. The zero-order valence-corrected chi connectivity index (χ0v) is 11.0. The van der Waals surface area contributed by atoms with E-state index in [0.717, 1.165) is 24.8 Å². The molecule has 1 heterocycles. The van der Waals surface area contributed by atoms with Gasteiger partial charge in [0.15, 0.2) is 0 Å². The first-order valence-corrected chi connectivity index (χ1v) is 6.66. The fraction of sp³-hybridized carbons (Fsp3) is 0.100. The van der Waals surface area contributed by atoms with E-state index in [1.54, 1.807) is 0 Å². The van der Waals surface area contributed by atoms with Gasteiger partial charge < -0.3 is 0 Å². The van der Waals surface area contributed by atoms with Crippen LogP contribution >= 0.6 is 43.2 Å². The molecule has 0 aliphatic carbocycles. The minimum Gasteiger partial charge on any atom is -0.191 e. The fourth-order valence-corrected chi connectivity index (χ4v) is 3.38. The van der Waals surface area contributed by atoms with E-state index in [9.17, 15) is 0 Å². The van der Waals surface area contributed by atoms with E-state index in [-0.39, 0.29) is 0 Å². The quantitative estimate of drug-likeness (QED) is 0.709. The molecular weight excluding hydrogens is 326 g/mol. The molecule has 0 radical (unpaired) electrons. The van der Waals surface area contributed by atoms with Gasteiger partial charge in [-0.2, -0.15) is 5.26 Å². The first-order chi connectivity index (χ1) is 6.76. The molecule has 0 fully saturated rings. The molecular formula is C10H5Br2NS. The molecule has 4 heteroatoms. The molecule has 0 unspecified atom stereocenters. The van der Waals surface area contributed by atoms with Gasteiger partial charge in [-0.1, -0.05) is 28.1 Å². The van der Waals surface area contributed by atoms with Crippen LogP contribution < -0.4 is 0 Å². The molecule has 0 N–H and O–H groups in total. The van der Waals surface area contributed by atoms with Gasteiger partial charge in [0.2, 0.25) is 0 Å². The Morgan fingerprint density at radius 3 is 2.86 bits per heavy atom. The lowest BCUT2D eigenvalue weighted by atomic mass is 10.2. The minimum absolute atomic E-state index is 0.742. The van der Waals surface area contributed by atoms with Crippen LogP contribution in [-0.2, 0) is 5.33 Å². The third kappa shape index (κ3) is 1.60. The van der Waals surface area contributed by atoms with Crippen LogP contribution in [0.2, 0.25) is 0 Å². The largest absolute Gasteiger partial charge is 0.191 e. The Balaban J connectivity index is 2.74. The third-order valence-electron chi connectivity index (χ3n) is 1.95. The number of halogens is 2. The maximum Gasteiger partial charge on any atom is 0.120 e. The Morgan fingerprint density at radius 2 is 2.21 bits per heavy atom. The van der Waals surface area contributed by atoms with Crippen LogP contribution in [0.25, 0.3) is 10.1 Å². The van der Waals surface area contributed by atoms with Gasteiger partial charge in [-0.05, 0) is 27.6 Å². The van der Waals surface area contributed by atoms with Crippen molar-refractivity contribution >= 4 is 53.3 Å². The predicted octanol–water partition coefficient (Wildman–Crippen LogP) is 4.43. The van der Waals surface area contributed by atoms with Crippen molar-refractivity contribution in [3.05, 3.63) is 33.1 Å². The van der Waals surface area contributed by atoms with Crippen LogP contribution in [0.5, 0.6) is 0 Å². The molecule has 0 spiro atoms. The summed E-state index contributed by atoms with van der Waals surface area (Å²) >= 11 is 8.37. The van der Waals surface area contributed by atoms with Crippen molar-refractivity contribution in [2.24, 2.45) is 0 Å². The number of thiophene rings is 1. The molecule has 70 valence electrons. The smallest absolute Gasteiger partial charge is 0.120 e. The van der Waals surface area contributed by atoms with E-state index in [2.05, 4.69) is 50.1 Å².